The molecule has 0 bridgehead atoms. The number of carbonyl (C=O) groups is 1. The molecule has 0 spiro atoms. The van der Waals surface area contributed by atoms with Crippen LogP contribution in [0.15, 0.2) is 38.9 Å². The topological polar surface area (TPSA) is 108 Å². The maximum Gasteiger partial charge on any atom is 0.332 e. The van der Waals surface area contributed by atoms with E-state index in [2.05, 4.69) is 15.3 Å². The number of para-hydroxylation sites is 1. The van der Waals surface area contributed by atoms with Gasteiger partial charge in [0.15, 0.2) is 11.5 Å². The van der Waals surface area contributed by atoms with Gasteiger partial charge in [0.25, 0.3) is 5.56 Å². The van der Waals surface area contributed by atoms with Gasteiger partial charge in [-0.05, 0) is 26.0 Å². The lowest BCUT2D eigenvalue weighted by Gasteiger charge is -2.13. The first kappa shape index (κ1) is 21.6. The van der Waals surface area contributed by atoms with Crippen LogP contribution in [-0.2, 0) is 18.9 Å². The van der Waals surface area contributed by atoms with E-state index in [1.54, 1.807) is 19.2 Å². The molecule has 0 fully saturated rings. The van der Waals surface area contributed by atoms with E-state index in [4.69, 9.17) is 4.74 Å². The van der Waals surface area contributed by atoms with Gasteiger partial charge in [0.2, 0.25) is 5.91 Å². The van der Waals surface area contributed by atoms with Crippen LogP contribution in [0.5, 0.6) is 5.75 Å². The van der Waals surface area contributed by atoms with E-state index >= 15 is 0 Å². The maximum absolute atomic E-state index is 12.8. The average Bonchev–Trinajstić information content (AvgIpc) is 2.73. The highest BCUT2D eigenvalue weighted by Crippen LogP contribution is 2.30. The number of benzene rings is 1. The van der Waals surface area contributed by atoms with E-state index in [0.717, 1.165) is 16.3 Å². The Labute approximate surface area is 177 Å². The summed E-state index contributed by atoms with van der Waals surface area (Å²) in [7, 11) is 4.48. The molecule has 3 rings (SSSR count). The Kier molecular flexibility index (Phi) is 6.25. The third-order valence-corrected chi connectivity index (χ3v) is 5.38. The number of nitrogens with one attached hydrogen (secondary N) is 1. The summed E-state index contributed by atoms with van der Waals surface area (Å²) in [5.41, 5.74) is -0.189. The van der Waals surface area contributed by atoms with Crippen molar-refractivity contribution in [1.29, 1.82) is 0 Å². The lowest BCUT2D eigenvalue weighted by atomic mass is 10.2. The van der Waals surface area contributed by atoms with Crippen molar-refractivity contribution in [3.8, 4) is 17.1 Å². The molecule has 1 N–H and O–H groups in total. The summed E-state index contributed by atoms with van der Waals surface area (Å²) in [5.74, 6) is 0.748. The Morgan fingerprint density at radius 1 is 1.17 bits per heavy atom. The van der Waals surface area contributed by atoms with Crippen molar-refractivity contribution >= 4 is 28.7 Å². The smallest absolute Gasteiger partial charge is 0.332 e. The van der Waals surface area contributed by atoms with Gasteiger partial charge in [-0.15, -0.1) is 0 Å². The standard InChI is InChI=1S/C20H23N5O4S/c1-11(2)21-14(26)10-30-18-15-17(24(3)20(28)25(4)19(15)27)22-16(23-18)12-8-6-7-9-13(12)29-5/h6-9,11H,10H2,1-5H3,(H,21,26). The van der Waals surface area contributed by atoms with Crippen LogP contribution in [0.3, 0.4) is 0 Å². The lowest BCUT2D eigenvalue weighted by Crippen LogP contribution is -2.38. The van der Waals surface area contributed by atoms with Gasteiger partial charge in [0.1, 0.15) is 16.2 Å². The van der Waals surface area contributed by atoms with E-state index in [0.29, 0.717) is 22.2 Å². The molecule has 1 amide bonds. The van der Waals surface area contributed by atoms with Gasteiger partial charge in [0, 0.05) is 20.1 Å². The summed E-state index contributed by atoms with van der Waals surface area (Å²) in [5, 5.41) is 3.34. The molecule has 10 heteroatoms. The summed E-state index contributed by atoms with van der Waals surface area (Å²) in [6.07, 6.45) is 0. The number of carbonyl (C=O) groups excluding carboxylic acids is 1. The first-order valence-corrected chi connectivity index (χ1v) is 10.3. The number of rotatable bonds is 6. The number of thioether (sulfide) groups is 1. The fourth-order valence-corrected chi connectivity index (χ4v) is 3.81. The van der Waals surface area contributed by atoms with Crippen molar-refractivity contribution < 1.29 is 9.53 Å². The van der Waals surface area contributed by atoms with E-state index in [-0.39, 0.29) is 28.7 Å². The van der Waals surface area contributed by atoms with Gasteiger partial charge >= 0.3 is 5.69 Å². The van der Waals surface area contributed by atoms with Gasteiger partial charge in [-0.25, -0.2) is 14.8 Å². The second kappa shape index (κ2) is 8.70. The van der Waals surface area contributed by atoms with Crippen LogP contribution in [0.4, 0.5) is 0 Å². The minimum atomic E-state index is -0.508. The summed E-state index contributed by atoms with van der Waals surface area (Å²) < 4.78 is 7.71. The van der Waals surface area contributed by atoms with Crippen LogP contribution >= 0.6 is 11.8 Å². The summed E-state index contributed by atoms with van der Waals surface area (Å²) in [6.45, 7) is 3.74. The third-order valence-electron chi connectivity index (χ3n) is 4.40. The zero-order valence-corrected chi connectivity index (χ0v) is 18.2. The number of ether oxygens (including phenoxy) is 1. The van der Waals surface area contributed by atoms with Crippen molar-refractivity contribution in [2.45, 2.75) is 24.9 Å². The molecule has 0 saturated carbocycles. The predicted molar refractivity (Wildman–Crippen MR) is 116 cm³/mol. The molecule has 0 aliphatic carbocycles. The fourth-order valence-electron chi connectivity index (χ4n) is 2.98. The minimum Gasteiger partial charge on any atom is -0.496 e. The second-order valence-electron chi connectivity index (χ2n) is 6.97. The molecule has 0 unspecified atom stereocenters. The molecule has 0 saturated heterocycles. The molecule has 0 aliphatic heterocycles. The third kappa shape index (κ3) is 4.09. The molecule has 2 aromatic heterocycles. The highest BCUT2D eigenvalue weighted by molar-refractivity contribution is 8.00. The normalized spacial score (nSPS) is 11.1. The summed E-state index contributed by atoms with van der Waals surface area (Å²) in [6, 6.07) is 7.20. The monoisotopic (exact) mass is 429 g/mol. The molecule has 1 aromatic carbocycles. The van der Waals surface area contributed by atoms with Crippen LogP contribution in [0.25, 0.3) is 22.4 Å². The maximum atomic E-state index is 12.8. The van der Waals surface area contributed by atoms with E-state index < -0.39 is 11.2 Å². The van der Waals surface area contributed by atoms with Crippen LogP contribution in [0, 0.1) is 0 Å². The Balaban J connectivity index is 2.25. The Bertz CT molecular complexity index is 1230. The number of aryl methyl sites for hydroxylation is 1. The Morgan fingerprint density at radius 2 is 1.87 bits per heavy atom. The molecule has 158 valence electrons. The molecule has 3 aromatic rings. The van der Waals surface area contributed by atoms with Crippen LogP contribution in [-0.4, -0.2) is 43.9 Å². The minimum absolute atomic E-state index is 0.00178. The van der Waals surface area contributed by atoms with Crippen molar-refractivity contribution in [1.82, 2.24) is 24.4 Å². The van der Waals surface area contributed by atoms with E-state index in [1.165, 1.54) is 18.7 Å². The Hall–Kier alpha value is -3.14. The van der Waals surface area contributed by atoms with Gasteiger partial charge in [-0.2, -0.15) is 0 Å². The van der Waals surface area contributed by atoms with Crippen LogP contribution in [0.2, 0.25) is 0 Å². The molecule has 0 aliphatic rings. The summed E-state index contributed by atoms with van der Waals surface area (Å²) >= 11 is 1.13. The molecular weight excluding hydrogens is 406 g/mol. The molecule has 2 heterocycles. The van der Waals surface area contributed by atoms with Crippen molar-refractivity contribution in [2.75, 3.05) is 12.9 Å². The number of nitrogens with zero attached hydrogens (tertiary/aromatic N) is 4. The largest absolute Gasteiger partial charge is 0.496 e. The van der Waals surface area contributed by atoms with Crippen molar-refractivity contribution in [3.05, 3.63) is 45.1 Å². The molecule has 30 heavy (non-hydrogen) atoms. The Morgan fingerprint density at radius 3 is 2.53 bits per heavy atom. The van der Waals surface area contributed by atoms with E-state index in [9.17, 15) is 14.4 Å². The zero-order chi connectivity index (χ0) is 22.0. The van der Waals surface area contributed by atoms with Gasteiger partial charge < -0.3 is 10.1 Å². The quantitative estimate of drug-likeness (QED) is 0.465. The number of methoxy groups -OCH3 is 1. The number of amides is 1. The van der Waals surface area contributed by atoms with Crippen LogP contribution < -0.4 is 21.3 Å². The van der Waals surface area contributed by atoms with E-state index in [1.807, 2.05) is 26.0 Å². The average molecular weight is 430 g/mol. The van der Waals surface area contributed by atoms with Crippen molar-refractivity contribution in [3.63, 3.8) is 0 Å². The first-order chi connectivity index (χ1) is 14.2. The predicted octanol–water partition coefficient (Wildman–Crippen LogP) is 1.32. The SMILES string of the molecule is COc1ccccc1-c1nc(SCC(=O)NC(C)C)c2c(=O)n(C)c(=O)n(C)c2n1. The number of hydrogen-bond donors (Lipinski definition) is 1. The number of fused-ring (bicyclic) bond motifs is 1. The highest BCUT2D eigenvalue weighted by atomic mass is 32.2. The first-order valence-electron chi connectivity index (χ1n) is 9.28. The summed E-state index contributed by atoms with van der Waals surface area (Å²) in [4.78, 5) is 46.5. The molecule has 9 nitrogen and oxygen atoms in total. The number of aromatic nitrogens is 4. The molecular formula is C20H23N5O4S. The number of hydrogen-bond acceptors (Lipinski definition) is 7. The molecule has 0 atom stereocenters. The van der Waals surface area contributed by atoms with Gasteiger partial charge in [0.05, 0.1) is 18.4 Å². The fraction of sp³-hybridized carbons (Fsp3) is 0.350. The second-order valence-corrected chi connectivity index (χ2v) is 7.93. The lowest BCUT2D eigenvalue weighted by molar-refractivity contribution is -0.119. The van der Waals surface area contributed by atoms with Gasteiger partial charge in [-0.1, -0.05) is 23.9 Å². The molecule has 0 radical (unpaired) electrons. The van der Waals surface area contributed by atoms with Crippen molar-refractivity contribution in [2.24, 2.45) is 14.1 Å². The zero-order valence-electron chi connectivity index (χ0n) is 17.4. The van der Waals surface area contributed by atoms with Gasteiger partial charge in [-0.3, -0.25) is 18.7 Å². The van der Waals surface area contributed by atoms with Crippen LogP contribution in [0.1, 0.15) is 13.8 Å². The highest BCUT2D eigenvalue weighted by Gasteiger charge is 2.20.